The van der Waals surface area contributed by atoms with Crippen molar-refractivity contribution in [3.63, 3.8) is 0 Å². The van der Waals surface area contributed by atoms with E-state index in [0.29, 0.717) is 0 Å². The average Bonchev–Trinajstić information content (AvgIpc) is 2.32. The summed E-state index contributed by atoms with van der Waals surface area (Å²) < 4.78 is 11.1. The Morgan fingerprint density at radius 2 is 1.88 bits per heavy atom. The minimum atomic E-state index is -1.94. The quantitative estimate of drug-likeness (QED) is 0.277. The lowest BCUT2D eigenvalue weighted by Gasteiger charge is -2.23. The Kier molecular flexibility index (Phi) is 5.90. The monoisotopic (exact) mass is 239 g/mol. The molecule has 94 valence electrons. The van der Waals surface area contributed by atoms with Gasteiger partial charge in [0.25, 0.3) is 0 Å². The van der Waals surface area contributed by atoms with E-state index in [1.807, 2.05) is 0 Å². The normalized spacial score (nSPS) is 21.4. The SMILES string of the molecule is [2H]C(OC[C@@H](O)[C@@H](O)[C@H](O)[C@@H](O)C=O)C(=O)O. The summed E-state index contributed by atoms with van der Waals surface area (Å²) in [5.41, 5.74) is 0. The fourth-order valence-electron chi connectivity index (χ4n) is 0.827. The van der Waals surface area contributed by atoms with Gasteiger partial charge in [-0.1, -0.05) is 0 Å². The van der Waals surface area contributed by atoms with Crippen LogP contribution in [0.2, 0.25) is 0 Å². The van der Waals surface area contributed by atoms with Crippen LogP contribution in [-0.2, 0) is 14.3 Å². The van der Waals surface area contributed by atoms with Gasteiger partial charge < -0.3 is 35.1 Å². The topological polar surface area (TPSA) is 145 Å². The Labute approximate surface area is 92.1 Å². The molecule has 0 spiro atoms. The van der Waals surface area contributed by atoms with Gasteiger partial charge in [-0.3, -0.25) is 0 Å². The van der Waals surface area contributed by atoms with Crippen LogP contribution < -0.4 is 0 Å². The van der Waals surface area contributed by atoms with E-state index in [1.54, 1.807) is 0 Å². The lowest BCUT2D eigenvalue weighted by atomic mass is 10.0. The molecule has 0 saturated carbocycles. The predicted molar refractivity (Wildman–Crippen MR) is 48.5 cm³/mol. The standard InChI is InChI=1S/C8H14O8/c9-1-4(10)7(14)8(15)5(11)2-16-3-6(12)13/h1,4-5,7-8,10-11,14-15H,2-3H2,(H,12,13)/t4-,5+,7+,8+/m0/s1/i3D/t3?,4-,5+,7+,8+. The summed E-state index contributed by atoms with van der Waals surface area (Å²) in [6.45, 7) is -2.69. The highest BCUT2D eigenvalue weighted by atomic mass is 16.5. The van der Waals surface area contributed by atoms with E-state index in [0.717, 1.165) is 0 Å². The van der Waals surface area contributed by atoms with Crippen LogP contribution in [0, 0.1) is 0 Å². The maximum atomic E-state index is 10.2. The molecule has 5 N–H and O–H groups in total. The molecule has 0 aliphatic rings. The molecule has 0 rings (SSSR count). The highest BCUT2D eigenvalue weighted by molar-refractivity contribution is 5.67. The van der Waals surface area contributed by atoms with E-state index in [-0.39, 0.29) is 6.29 Å². The minimum Gasteiger partial charge on any atom is -0.480 e. The van der Waals surface area contributed by atoms with Crippen molar-refractivity contribution in [2.75, 3.05) is 13.2 Å². The van der Waals surface area contributed by atoms with E-state index in [1.165, 1.54) is 0 Å². The number of aliphatic hydroxyl groups excluding tert-OH is 4. The molecule has 0 bridgehead atoms. The van der Waals surface area contributed by atoms with E-state index in [2.05, 4.69) is 4.74 Å². The molecular weight excluding hydrogens is 224 g/mol. The number of rotatable bonds is 8. The molecule has 0 fully saturated rings. The van der Waals surface area contributed by atoms with Crippen molar-refractivity contribution in [3.8, 4) is 0 Å². The number of carbonyl (C=O) groups is 2. The van der Waals surface area contributed by atoms with Crippen molar-refractivity contribution >= 4 is 12.3 Å². The van der Waals surface area contributed by atoms with E-state index in [4.69, 9.17) is 16.7 Å². The van der Waals surface area contributed by atoms with Gasteiger partial charge in [0.1, 0.15) is 31.0 Å². The Morgan fingerprint density at radius 1 is 1.31 bits per heavy atom. The molecule has 8 nitrogen and oxygen atoms in total. The third-order valence-electron chi connectivity index (χ3n) is 1.68. The van der Waals surface area contributed by atoms with Gasteiger partial charge in [0.2, 0.25) is 0 Å². The summed E-state index contributed by atoms with van der Waals surface area (Å²) >= 11 is 0. The maximum Gasteiger partial charge on any atom is 0.329 e. The Morgan fingerprint density at radius 3 is 2.31 bits per heavy atom. The predicted octanol–water partition coefficient (Wildman–Crippen LogP) is -3.27. The number of carboxylic acid groups (broad SMARTS) is 1. The first-order valence-electron chi connectivity index (χ1n) is 4.83. The number of aldehydes is 1. The molecule has 0 aromatic heterocycles. The summed E-state index contributed by atoms with van der Waals surface area (Å²) in [7, 11) is 0. The second kappa shape index (κ2) is 7.25. The Hall–Kier alpha value is -1.06. The van der Waals surface area contributed by atoms with Crippen LogP contribution in [0.1, 0.15) is 1.37 Å². The van der Waals surface area contributed by atoms with Gasteiger partial charge in [-0.2, -0.15) is 0 Å². The van der Waals surface area contributed by atoms with E-state index >= 15 is 0 Å². The van der Waals surface area contributed by atoms with Gasteiger partial charge in [-0.25, -0.2) is 4.79 Å². The molecule has 1 unspecified atom stereocenters. The third-order valence-corrected chi connectivity index (χ3v) is 1.68. The average molecular weight is 239 g/mol. The number of carbonyl (C=O) groups excluding carboxylic acids is 1. The molecule has 0 heterocycles. The van der Waals surface area contributed by atoms with Gasteiger partial charge in [0.05, 0.1) is 7.98 Å². The second-order valence-corrected chi connectivity index (χ2v) is 2.96. The summed E-state index contributed by atoms with van der Waals surface area (Å²) in [4.78, 5) is 20.3. The van der Waals surface area contributed by atoms with Crippen LogP contribution >= 0.6 is 0 Å². The van der Waals surface area contributed by atoms with Crippen molar-refractivity contribution < 1.29 is 41.2 Å². The molecule has 5 atom stereocenters. The molecule has 0 aliphatic heterocycles. The zero-order chi connectivity index (χ0) is 13.6. The van der Waals surface area contributed by atoms with Crippen molar-refractivity contribution in [1.29, 1.82) is 0 Å². The summed E-state index contributed by atoms with van der Waals surface area (Å²) in [5.74, 6) is -1.58. The summed E-state index contributed by atoms with van der Waals surface area (Å²) in [6.07, 6.45) is -7.50. The molecule has 16 heavy (non-hydrogen) atoms. The molecule has 0 radical (unpaired) electrons. The number of aliphatic carboxylic acids is 1. The summed E-state index contributed by atoms with van der Waals surface area (Å²) in [6, 6.07) is 0. The highest BCUT2D eigenvalue weighted by Gasteiger charge is 2.30. The first kappa shape index (κ1) is 13.0. The lowest BCUT2D eigenvalue weighted by molar-refractivity contribution is -0.148. The fraction of sp³-hybridized carbons (Fsp3) is 0.750. The van der Waals surface area contributed by atoms with Gasteiger partial charge in [-0.05, 0) is 0 Å². The van der Waals surface area contributed by atoms with Gasteiger partial charge in [0.15, 0.2) is 6.29 Å². The lowest BCUT2D eigenvalue weighted by Crippen LogP contribution is -2.46. The number of hydrogen-bond acceptors (Lipinski definition) is 7. The van der Waals surface area contributed by atoms with Crippen molar-refractivity contribution in [1.82, 2.24) is 0 Å². The first-order valence-corrected chi connectivity index (χ1v) is 4.25. The van der Waals surface area contributed by atoms with Crippen LogP contribution in [0.5, 0.6) is 0 Å². The third kappa shape index (κ3) is 5.14. The minimum absolute atomic E-state index is 0.0357. The number of aliphatic hydroxyl groups is 4. The van der Waals surface area contributed by atoms with E-state index in [9.17, 15) is 19.8 Å². The zero-order valence-electron chi connectivity index (χ0n) is 9.13. The number of hydrogen-bond donors (Lipinski definition) is 5. The van der Waals surface area contributed by atoms with Crippen LogP contribution in [-0.4, -0.2) is 75.4 Å². The van der Waals surface area contributed by atoms with Crippen molar-refractivity contribution in [2.45, 2.75) is 24.4 Å². The fourth-order valence-corrected chi connectivity index (χ4v) is 0.827. The number of carboxylic acids is 1. The molecule has 0 saturated heterocycles. The molecule has 0 aromatic carbocycles. The van der Waals surface area contributed by atoms with Crippen LogP contribution in [0.15, 0.2) is 0 Å². The highest BCUT2D eigenvalue weighted by Crippen LogP contribution is 2.04. The molecular formula is C8H14O8. The maximum absolute atomic E-state index is 10.2. The van der Waals surface area contributed by atoms with Crippen molar-refractivity contribution in [2.24, 2.45) is 0 Å². The van der Waals surface area contributed by atoms with Gasteiger partial charge in [-0.15, -0.1) is 0 Å². The van der Waals surface area contributed by atoms with Crippen LogP contribution in [0.4, 0.5) is 0 Å². The first-order chi connectivity index (χ1) is 7.81. The molecule has 8 heteroatoms. The van der Waals surface area contributed by atoms with Crippen LogP contribution in [0.25, 0.3) is 0 Å². The smallest absolute Gasteiger partial charge is 0.329 e. The van der Waals surface area contributed by atoms with Gasteiger partial charge >= 0.3 is 5.97 Å². The van der Waals surface area contributed by atoms with Gasteiger partial charge in [0, 0.05) is 0 Å². The Bertz CT molecular complexity index is 260. The number of ether oxygens (including phenoxy) is 1. The molecule has 0 amide bonds. The zero-order valence-corrected chi connectivity index (χ0v) is 8.13. The largest absolute Gasteiger partial charge is 0.480 e. The second-order valence-electron chi connectivity index (χ2n) is 2.96. The van der Waals surface area contributed by atoms with Crippen molar-refractivity contribution in [3.05, 3.63) is 0 Å². The Balaban J connectivity index is 4.17. The molecule has 0 aromatic rings. The van der Waals surface area contributed by atoms with Crippen LogP contribution in [0.3, 0.4) is 0 Å². The van der Waals surface area contributed by atoms with E-state index < -0.39 is 43.6 Å². The summed E-state index contributed by atoms with van der Waals surface area (Å²) in [5, 5.41) is 44.7. The molecule has 0 aliphatic carbocycles.